The average molecular weight is 348 g/mol. The number of carbonyl (C=O) groups excluding carboxylic acids is 1. The van der Waals surface area contributed by atoms with Crippen molar-refractivity contribution >= 4 is 11.9 Å². The van der Waals surface area contributed by atoms with Gasteiger partial charge >= 0.3 is 0 Å². The lowest BCUT2D eigenvalue weighted by Gasteiger charge is -2.20. The van der Waals surface area contributed by atoms with E-state index in [4.69, 9.17) is 0 Å². The lowest BCUT2D eigenvalue weighted by molar-refractivity contribution is -0.130. The van der Waals surface area contributed by atoms with Crippen LogP contribution in [0.2, 0.25) is 0 Å². The van der Waals surface area contributed by atoms with E-state index < -0.39 is 0 Å². The van der Waals surface area contributed by atoms with Gasteiger partial charge in [-0.25, -0.2) is 0 Å². The van der Waals surface area contributed by atoms with Gasteiger partial charge < -0.3 is 15.5 Å². The van der Waals surface area contributed by atoms with Crippen molar-refractivity contribution < 1.29 is 4.79 Å². The maximum absolute atomic E-state index is 12.0. The van der Waals surface area contributed by atoms with Crippen molar-refractivity contribution in [2.24, 2.45) is 4.99 Å². The summed E-state index contributed by atoms with van der Waals surface area (Å²) < 4.78 is 1.93. The molecule has 1 fully saturated rings. The number of nitrogens with one attached hydrogen (secondary N) is 2. The molecule has 0 unspecified atom stereocenters. The molecule has 7 nitrogen and oxygen atoms in total. The molecule has 1 saturated heterocycles. The predicted molar refractivity (Wildman–Crippen MR) is 100 cm³/mol. The van der Waals surface area contributed by atoms with E-state index in [1.54, 1.807) is 6.20 Å². The monoisotopic (exact) mass is 348 g/mol. The Hall–Kier alpha value is -2.05. The predicted octanol–water partition coefficient (Wildman–Crippen LogP) is 1.62. The summed E-state index contributed by atoms with van der Waals surface area (Å²) in [5, 5.41) is 10.8. The van der Waals surface area contributed by atoms with Gasteiger partial charge in [-0.2, -0.15) is 5.10 Å². The summed E-state index contributed by atoms with van der Waals surface area (Å²) in [6, 6.07) is 1.94. The summed E-state index contributed by atoms with van der Waals surface area (Å²) in [7, 11) is 0. The molecule has 1 aromatic rings. The Morgan fingerprint density at radius 2 is 2.16 bits per heavy atom. The standard InChI is InChI=1S/C18H32N6O/c1-2-19-18(21-11-7-15-24-16-8-12-22-24)20-10-6-14-23-13-5-3-4-9-17(23)25/h8,12,16H,2-7,9-11,13-15H2,1H3,(H2,19,20,21). The average Bonchev–Trinajstić information content (AvgIpc) is 3.05. The fourth-order valence-corrected chi connectivity index (χ4v) is 2.95. The van der Waals surface area contributed by atoms with Crippen LogP contribution >= 0.6 is 0 Å². The van der Waals surface area contributed by atoms with E-state index in [1.165, 1.54) is 6.42 Å². The smallest absolute Gasteiger partial charge is 0.222 e. The molecule has 2 N–H and O–H groups in total. The molecule has 2 rings (SSSR count). The second-order valence-corrected chi connectivity index (χ2v) is 6.36. The van der Waals surface area contributed by atoms with Crippen molar-refractivity contribution in [2.45, 2.75) is 52.0 Å². The number of aromatic nitrogens is 2. The van der Waals surface area contributed by atoms with Gasteiger partial charge in [-0.3, -0.25) is 14.5 Å². The molecule has 1 aliphatic heterocycles. The van der Waals surface area contributed by atoms with Crippen molar-refractivity contribution in [1.82, 2.24) is 25.3 Å². The van der Waals surface area contributed by atoms with E-state index in [0.29, 0.717) is 12.3 Å². The zero-order valence-corrected chi connectivity index (χ0v) is 15.4. The number of carbonyl (C=O) groups is 1. The van der Waals surface area contributed by atoms with Crippen molar-refractivity contribution in [3.63, 3.8) is 0 Å². The molecular formula is C18H32N6O. The minimum Gasteiger partial charge on any atom is -0.357 e. The molecule has 0 bridgehead atoms. The molecule has 0 spiro atoms. The zero-order valence-electron chi connectivity index (χ0n) is 15.4. The van der Waals surface area contributed by atoms with Crippen molar-refractivity contribution in [1.29, 1.82) is 0 Å². The van der Waals surface area contributed by atoms with E-state index in [0.717, 1.165) is 70.9 Å². The Morgan fingerprint density at radius 3 is 2.96 bits per heavy atom. The first-order chi connectivity index (χ1) is 12.3. The van der Waals surface area contributed by atoms with E-state index in [9.17, 15) is 4.79 Å². The van der Waals surface area contributed by atoms with Crippen molar-refractivity contribution in [2.75, 3.05) is 32.7 Å². The Morgan fingerprint density at radius 1 is 1.24 bits per heavy atom. The number of amides is 1. The number of hydrogen-bond donors (Lipinski definition) is 2. The molecule has 1 aliphatic rings. The van der Waals surface area contributed by atoms with Gasteiger partial charge in [0, 0.05) is 58.1 Å². The molecule has 25 heavy (non-hydrogen) atoms. The first-order valence-corrected chi connectivity index (χ1v) is 9.57. The third kappa shape index (κ3) is 7.58. The molecule has 0 aromatic carbocycles. The number of nitrogens with zero attached hydrogens (tertiary/aromatic N) is 4. The van der Waals surface area contributed by atoms with Gasteiger partial charge in [0.25, 0.3) is 0 Å². The van der Waals surface area contributed by atoms with E-state index in [2.05, 4.69) is 27.6 Å². The van der Waals surface area contributed by atoms with Gasteiger partial charge in [-0.05, 0) is 38.7 Å². The molecule has 1 amide bonds. The first-order valence-electron chi connectivity index (χ1n) is 9.57. The summed E-state index contributed by atoms with van der Waals surface area (Å²) in [5.41, 5.74) is 0. The van der Waals surface area contributed by atoms with Gasteiger partial charge in [0.05, 0.1) is 0 Å². The highest BCUT2D eigenvalue weighted by Crippen LogP contribution is 2.11. The highest BCUT2D eigenvalue weighted by Gasteiger charge is 2.15. The number of aliphatic imine (C=N–C) groups is 1. The number of aryl methyl sites for hydroxylation is 1. The van der Waals surface area contributed by atoms with Crippen LogP contribution in [0.3, 0.4) is 0 Å². The molecule has 0 atom stereocenters. The molecular weight excluding hydrogens is 316 g/mol. The van der Waals surface area contributed by atoms with Crippen LogP contribution in [-0.2, 0) is 11.3 Å². The quantitative estimate of drug-likeness (QED) is 0.404. The number of likely N-dealkylation sites (tertiary alicyclic amines) is 1. The Labute approximate surface area is 150 Å². The van der Waals surface area contributed by atoms with E-state index in [-0.39, 0.29) is 0 Å². The molecule has 0 radical (unpaired) electrons. The third-order valence-corrected chi connectivity index (χ3v) is 4.29. The topological polar surface area (TPSA) is 74.6 Å². The zero-order chi connectivity index (χ0) is 17.7. The fraction of sp³-hybridized carbons (Fsp3) is 0.722. The lowest BCUT2D eigenvalue weighted by atomic mass is 10.2. The SMILES string of the molecule is CCNC(=NCCCN1CCCCCC1=O)NCCCn1cccn1. The summed E-state index contributed by atoms with van der Waals surface area (Å²) >= 11 is 0. The second kappa shape index (κ2) is 11.5. The van der Waals surface area contributed by atoms with E-state index >= 15 is 0 Å². The first kappa shape index (κ1) is 19.3. The molecule has 0 aliphatic carbocycles. The number of rotatable bonds is 9. The van der Waals surface area contributed by atoms with E-state index in [1.807, 2.05) is 21.8 Å². The normalized spacial score (nSPS) is 16.0. The summed E-state index contributed by atoms with van der Waals surface area (Å²) in [4.78, 5) is 18.6. The van der Waals surface area contributed by atoms with Gasteiger partial charge in [-0.15, -0.1) is 0 Å². The summed E-state index contributed by atoms with van der Waals surface area (Å²) in [6.07, 6.45) is 9.74. The van der Waals surface area contributed by atoms with Crippen LogP contribution in [0, 0.1) is 0 Å². The van der Waals surface area contributed by atoms with Crippen LogP contribution < -0.4 is 10.6 Å². The fourth-order valence-electron chi connectivity index (χ4n) is 2.95. The molecule has 1 aromatic heterocycles. The van der Waals surface area contributed by atoms with Crippen molar-refractivity contribution in [3.05, 3.63) is 18.5 Å². The Bertz CT molecular complexity index is 514. The van der Waals surface area contributed by atoms with Crippen LogP contribution in [0.1, 0.15) is 45.4 Å². The highest BCUT2D eigenvalue weighted by molar-refractivity contribution is 5.79. The maximum Gasteiger partial charge on any atom is 0.222 e. The minimum atomic E-state index is 0.310. The van der Waals surface area contributed by atoms with Crippen LogP contribution in [0.25, 0.3) is 0 Å². The van der Waals surface area contributed by atoms with Crippen molar-refractivity contribution in [3.8, 4) is 0 Å². The molecule has 140 valence electrons. The van der Waals surface area contributed by atoms with Gasteiger partial charge in [0.15, 0.2) is 5.96 Å². The molecule has 0 saturated carbocycles. The number of hydrogen-bond acceptors (Lipinski definition) is 3. The minimum absolute atomic E-state index is 0.310. The highest BCUT2D eigenvalue weighted by atomic mass is 16.2. The van der Waals surface area contributed by atoms with Crippen LogP contribution in [0.5, 0.6) is 0 Å². The van der Waals surface area contributed by atoms with Gasteiger partial charge in [0.2, 0.25) is 5.91 Å². The van der Waals surface area contributed by atoms with Gasteiger partial charge in [0.1, 0.15) is 0 Å². The van der Waals surface area contributed by atoms with Crippen LogP contribution in [0.15, 0.2) is 23.5 Å². The molecule has 2 heterocycles. The summed E-state index contributed by atoms with van der Waals surface area (Å²) in [5.74, 6) is 1.16. The Kier molecular flexibility index (Phi) is 8.86. The van der Waals surface area contributed by atoms with Crippen LogP contribution in [0.4, 0.5) is 0 Å². The lowest BCUT2D eigenvalue weighted by Crippen LogP contribution is -2.38. The van der Waals surface area contributed by atoms with Crippen LogP contribution in [-0.4, -0.2) is 59.3 Å². The van der Waals surface area contributed by atoms with Gasteiger partial charge in [-0.1, -0.05) is 6.42 Å². The summed E-state index contributed by atoms with van der Waals surface area (Å²) in [6.45, 7) is 7.13. The Balaban J connectivity index is 1.64. The maximum atomic E-state index is 12.0. The third-order valence-electron chi connectivity index (χ3n) is 4.29. The second-order valence-electron chi connectivity index (χ2n) is 6.36. The molecule has 7 heteroatoms. The largest absolute Gasteiger partial charge is 0.357 e. The number of guanidine groups is 1.